The van der Waals surface area contributed by atoms with E-state index in [1.165, 1.54) is 0 Å². The zero-order chi connectivity index (χ0) is 16.8. The molecule has 0 amide bonds. The van der Waals surface area contributed by atoms with Gasteiger partial charge in [0.05, 0.1) is 11.5 Å². The third kappa shape index (κ3) is 4.43. The van der Waals surface area contributed by atoms with E-state index in [9.17, 15) is 10.1 Å². The molecule has 0 aromatic heterocycles. The number of nitrogens with one attached hydrogen (secondary N) is 1. The maximum Gasteiger partial charge on any atom is 0.272 e. The lowest BCUT2D eigenvalue weighted by molar-refractivity contribution is -0.385. The molecular formula is C17H21N3O3. The fourth-order valence-corrected chi connectivity index (χ4v) is 2.28. The molecule has 0 fully saturated rings. The van der Waals surface area contributed by atoms with Gasteiger partial charge in [0.2, 0.25) is 0 Å². The Hall–Kier alpha value is -2.60. The van der Waals surface area contributed by atoms with Gasteiger partial charge >= 0.3 is 0 Å². The Balaban J connectivity index is 2.01. The monoisotopic (exact) mass is 315 g/mol. The number of aryl methyl sites for hydroxylation is 1. The zero-order valence-electron chi connectivity index (χ0n) is 13.3. The number of rotatable bonds is 7. The van der Waals surface area contributed by atoms with Gasteiger partial charge in [-0.3, -0.25) is 10.1 Å². The van der Waals surface area contributed by atoms with Crippen LogP contribution < -0.4 is 10.2 Å². The molecule has 0 atom stereocenters. The van der Waals surface area contributed by atoms with E-state index in [0.29, 0.717) is 18.7 Å². The van der Waals surface area contributed by atoms with Gasteiger partial charge in [0.15, 0.2) is 0 Å². The highest BCUT2D eigenvalue weighted by Gasteiger charge is 2.10. The molecule has 0 aliphatic carbocycles. The lowest BCUT2D eigenvalue weighted by atomic mass is 10.1. The quantitative estimate of drug-likeness (QED) is 0.606. The largest absolute Gasteiger partial charge is 0.395 e. The van der Waals surface area contributed by atoms with Gasteiger partial charge in [0, 0.05) is 43.1 Å². The molecule has 2 N–H and O–H groups in total. The Morgan fingerprint density at radius 3 is 2.52 bits per heavy atom. The van der Waals surface area contributed by atoms with E-state index in [1.807, 2.05) is 42.3 Å². The van der Waals surface area contributed by atoms with Crippen LogP contribution in [0.25, 0.3) is 0 Å². The minimum absolute atomic E-state index is 0.114. The second kappa shape index (κ2) is 7.60. The molecule has 0 saturated heterocycles. The van der Waals surface area contributed by atoms with Crippen LogP contribution in [0, 0.1) is 17.0 Å². The normalized spacial score (nSPS) is 10.4. The summed E-state index contributed by atoms with van der Waals surface area (Å²) in [5, 5.41) is 23.2. The molecule has 2 aromatic carbocycles. The molecule has 0 bridgehead atoms. The van der Waals surface area contributed by atoms with E-state index in [-0.39, 0.29) is 17.2 Å². The fraction of sp³-hybridized carbons (Fsp3) is 0.294. The van der Waals surface area contributed by atoms with Crippen molar-refractivity contribution in [3.8, 4) is 0 Å². The summed E-state index contributed by atoms with van der Waals surface area (Å²) in [6, 6.07) is 13.1. The topological polar surface area (TPSA) is 78.6 Å². The van der Waals surface area contributed by atoms with Gasteiger partial charge in [0.25, 0.3) is 5.69 Å². The van der Waals surface area contributed by atoms with Crippen LogP contribution in [-0.2, 0) is 6.54 Å². The number of likely N-dealkylation sites (N-methyl/N-ethyl adjacent to an activating group) is 1. The van der Waals surface area contributed by atoms with E-state index < -0.39 is 0 Å². The Morgan fingerprint density at radius 2 is 1.91 bits per heavy atom. The minimum atomic E-state index is -0.357. The van der Waals surface area contributed by atoms with Gasteiger partial charge < -0.3 is 15.3 Å². The highest BCUT2D eigenvalue weighted by molar-refractivity contribution is 5.55. The van der Waals surface area contributed by atoms with Crippen LogP contribution in [0.4, 0.5) is 17.1 Å². The number of anilines is 2. The van der Waals surface area contributed by atoms with Crippen LogP contribution in [0.1, 0.15) is 11.1 Å². The zero-order valence-corrected chi connectivity index (χ0v) is 13.3. The fourth-order valence-electron chi connectivity index (χ4n) is 2.28. The molecule has 6 heteroatoms. The summed E-state index contributed by atoms with van der Waals surface area (Å²) in [7, 11) is 1.92. The highest BCUT2D eigenvalue weighted by Crippen LogP contribution is 2.21. The van der Waals surface area contributed by atoms with Crippen LogP contribution in [0.3, 0.4) is 0 Å². The Kier molecular flexibility index (Phi) is 5.54. The van der Waals surface area contributed by atoms with Crippen molar-refractivity contribution in [1.82, 2.24) is 0 Å². The van der Waals surface area contributed by atoms with Gasteiger partial charge in [-0.25, -0.2) is 0 Å². The number of benzene rings is 2. The van der Waals surface area contributed by atoms with Gasteiger partial charge in [-0.1, -0.05) is 12.1 Å². The van der Waals surface area contributed by atoms with Crippen LogP contribution in [0.5, 0.6) is 0 Å². The molecular weight excluding hydrogens is 294 g/mol. The smallest absolute Gasteiger partial charge is 0.272 e. The summed E-state index contributed by atoms with van der Waals surface area (Å²) in [4.78, 5) is 12.6. The Labute approximate surface area is 135 Å². The highest BCUT2D eigenvalue weighted by atomic mass is 16.6. The summed E-state index contributed by atoms with van der Waals surface area (Å²) < 4.78 is 0. The molecule has 0 saturated carbocycles. The summed E-state index contributed by atoms with van der Waals surface area (Å²) in [5.41, 5.74) is 3.63. The molecule has 0 radical (unpaired) electrons. The van der Waals surface area contributed by atoms with Crippen LogP contribution in [-0.4, -0.2) is 30.2 Å². The first-order valence-corrected chi connectivity index (χ1v) is 7.41. The number of aliphatic hydroxyl groups excluding tert-OH is 1. The number of nitro groups is 1. The first kappa shape index (κ1) is 16.8. The van der Waals surface area contributed by atoms with Crippen molar-refractivity contribution in [2.24, 2.45) is 0 Å². The minimum Gasteiger partial charge on any atom is -0.395 e. The second-order valence-corrected chi connectivity index (χ2v) is 5.42. The number of nitrogens with zero attached hydrogens (tertiary/aromatic N) is 2. The molecule has 0 unspecified atom stereocenters. The van der Waals surface area contributed by atoms with Crippen molar-refractivity contribution in [2.45, 2.75) is 13.5 Å². The maximum atomic E-state index is 11.0. The third-order valence-corrected chi connectivity index (χ3v) is 3.71. The van der Waals surface area contributed by atoms with Crippen molar-refractivity contribution >= 4 is 17.1 Å². The standard InChI is InChI=1S/C17H21N3O3/c1-13-3-4-14(11-17(13)20(22)23)12-18-15-5-7-16(8-6-15)19(2)9-10-21/h3-8,11,18,21H,9-10,12H2,1-2H3. The molecule has 0 aliphatic heterocycles. The Morgan fingerprint density at radius 1 is 1.22 bits per heavy atom. The molecule has 2 rings (SSSR count). The van der Waals surface area contributed by atoms with Crippen molar-refractivity contribution in [1.29, 1.82) is 0 Å². The van der Waals surface area contributed by atoms with Crippen molar-refractivity contribution in [3.63, 3.8) is 0 Å². The van der Waals surface area contributed by atoms with Gasteiger partial charge in [-0.05, 0) is 36.8 Å². The molecule has 0 aliphatic rings. The van der Waals surface area contributed by atoms with E-state index in [2.05, 4.69) is 5.32 Å². The van der Waals surface area contributed by atoms with E-state index in [4.69, 9.17) is 5.11 Å². The van der Waals surface area contributed by atoms with Crippen LogP contribution in [0.2, 0.25) is 0 Å². The van der Waals surface area contributed by atoms with E-state index in [0.717, 1.165) is 16.9 Å². The maximum absolute atomic E-state index is 11.0. The number of aliphatic hydroxyl groups is 1. The summed E-state index contributed by atoms with van der Waals surface area (Å²) in [6.45, 7) is 2.95. The molecule has 0 spiro atoms. The molecule has 122 valence electrons. The number of hydrogen-bond donors (Lipinski definition) is 2. The Bertz CT molecular complexity index is 671. The molecule has 2 aromatic rings. The summed E-state index contributed by atoms with van der Waals surface area (Å²) >= 11 is 0. The first-order chi connectivity index (χ1) is 11.0. The summed E-state index contributed by atoms with van der Waals surface area (Å²) in [6.07, 6.45) is 0. The van der Waals surface area contributed by atoms with Gasteiger partial charge in [0.1, 0.15) is 0 Å². The van der Waals surface area contributed by atoms with Crippen LogP contribution >= 0.6 is 0 Å². The van der Waals surface area contributed by atoms with Gasteiger partial charge in [-0.2, -0.15) is 0 Å². The van der Waals surface area contributed by atoms with Crippen molar-refractivity contribution < 1.29 is 10.0 Å². The lowest BCUT2D eigenvalue weighted by Crippen LogP contribution is -2.20. The van der Waals surface area contributed by atoms with Crippen molar-refractivity contribution in [2.75, 3.05) is 30.4 Å². The third-order valence-electron chi connectivity index (χ3n) is 3.71. The predicted octanol–water partition coefficient (Wildman–Crippen LogP) is 2.94. The van der Waals surface area contributed by atoms with E-state index in [1.54, 1.807) is 19.1 Å². The molecule has 23 heavy (non-hydrogen) atoms. The second-order valence-electron chi connectivity index (χ2n) is 5.42. The lowest BCUT2D eigenvalue weighted by Gasteiger charge is -2.18. The molecule has 6 nitrogen and oxygen atoms in total. The summed E-state index contributed by atoms with van der Waals surface area (Å²) in [5.74, 6) is 0. The average molecular weight is 315 g/mol. The van der Waals surface area contributed by atoms with E-state index >= 15 is 0 Å². The number of hydrogen-bond acceptors (Lipinski definition) is 5. The molecule has 0 heterocycles. The average Bonchev–Trinajstić information content (AvgIpc) is 2.54. The van der Waals surface area contributed by atoms with Crippen LogP contribution in [0.15, 0.2) is 42.5 Å². The SMILES string of the molecule is Cc1ccc(CNc2ccc(N(C)CCO)cc2)cc1[N+](=O)[O-]. The van der Waals surface area contributed by atoms with Crippen molar-refractivity contribution in [3.05, 3.63) is 63.7 Å². The number of nitro benzene ring substituents is 1. The first-order valence-electron chi connectivity index (χ1n) is 7.41. The van der Waals surface area contributed by atoms with Gasteiger partial charge in [-0.15, -0.1) is 0 Å². The predicted molar refractivity (Wildman–Crippen MR) is 92.0 cm³/mol.